The van der Waals surface area contributed by atoms with E-state index in [-0.39, 0.29) is 11.1 Å². The topological polar surface area (TPSA) is 17.0 Å². The summed E-state index contributed by atoms with van der Waals surface area (Å²) < 4.78 is 58.9. The van der Waals surface area contributed by atoms with Crippen molar-refractivity contribution in [2.75, 3.05) is 0 Å². The Morgan fingerprint density at radius 3 is 2.21 bits per heavy atom. The molecule has 0 amide bonds. The quantitative estimate of drug-likeness (QED) is 0.164. The van der Waals surface area contributed by atoms with Crippen LogP contribution in [0.2, 0.25) is 19.6 Å². The molecule has 0 atom stereocenters. The van der Waals surface area contributed by atoms with Gasteiger partial charge in [-0.2, -0.15) is 0 Å². The second kappa shape index (κ2) is 9.35. The summed E-state index contributed by atoms with van der Waals surface area (Å²) in [7, 11) is 0.316. The fraction of sp³-hybridized carbons (Fsp3) is 0.194. The van der Waals surface area contributed by atoms with Crippen LogP contribution in [0.25, 0.3) is 55.4 Å². The first kappa shape index (κ1) is 19.2. The molecule has 0 aliphatic heterocycles. The van der Waals surface area contributed by atoms with Crippen LogP contribution >= 0.6 is 0 Å². The fourth-order valence-corrected chi connectivity index (χ4v) is 6.61. The maximum Gasteiger partial charge on any atom is 0.216 e. The van der Waals surface area contributed by atoms with E-state index in [0.717, 1.165) is 44.3 Å². The molecule has 2 heterocycles. The van der Waals surface area contributed by atoms with E-state index in [2.05, 4.69) is 31.8 Å². The van der Waals surface area contributed by atoms with Crippen molar-refractivity contribution in [2.24, 2.45) is 7.05 Å². The van der Waals surface area contributed by atoms with Gasteiger partial charge in [0.1, 0.15) is 18.2 Å². The predicted octanol–water partition coefficient (Wildman–Crippen LogP) is 8.88. The number of pyridine rings is 1. The summed E-state index contributed by atoms with van der Waals surface area (Å²) in [6.07, 6.45) is 1.60. The molecule has 6 rings (SSSR count). The van der Waals surface area contributed by atoms with E-state index in [1.54, 1.807) is 22.9 Å². The highest BCUT2D eigenvalue weighted by Gasteiger charge is 2.23. The lowest BCUT2D eigenvalue weighted by Gasteiger charge is -2.17. The highest BCUT2D eigenvalue weighted by molar-refractivity contribution is 6.88. The monoisotopic (exact) mass is 532 g/mol. The molecular weight excluding hydrogens is 490 g/mol. The minimum absolute atomic E-state index is 0.0842. The van der Waals surface area contributed by atoms with Crippen molar-refractivity contribution < 1.29 is 17.2 Å². The molecule has 4 aromatic carbocycles. The number of benzene rings is 4. The summed E-state index contributed by atoms with van der Waals surface area (Å²) in [5, 5.41) is 3.27. The van der Waals surface area contributed by atoms with Crippen LogP contribution < -0.4 is 9.75 Å². The summed E-state index contributed by atoms with van der Waals surface area (Å²) in [5.74, 6) is 0. The van der Waals surface area contributed by atoms with Crippen LogP contribution in [0.15, 0.2) is 95.5 Å². The molecule has 3 heteroatoms. The van der Waals surface area contributed by atoms with Gasteiger partial charge < -0.3 is 4.42 Å². The van der Waals surface area contributed by atoms with Crippen molar-refractivity contribution >= 4 is 35.2 Å². The Hall–Kier alpha value is -3.95. The molecule has 0 bridgehead atoms. The number of rotatable bonds is 4. The maximum absolute atomic E-state index is 8.51. The number of hydrogen-bond donors (Lipinski definition) is 0. The Kier molecular flexibility index (Phi) is 4.60. The third-order valence-electron chi connectivity index (χ3n) is 7.68. The average Bonchev–Trinajstić information content (AvgIpc) is 3.34. The number of nitrogens with zero attached hydrogens (tertiary/aromatic N) is 1. The first-order chi connectivity index (χ1) is 21.0. The Morgan fingerprint density at radius 2 is 1.46 bits per heavy atom. The van der Waals surface area contributed by atoms with E-state index in [0.29, 0.717) is 16.7 Å². The van der Waals surface area contributed by atoms with E-state index in [4.69, 9.17) is 12.6 Å². The van der Waals surface area contributed by atoms with Gasteiger partial charge in [0.2, 0.25) is 5.69 Å². The molecule has 0 aliphatic rings. The SMILES string of the molecule is [2H]C([2H])([2H])c1cc(-c2ccc([Si](C)(C)C)cc2)ccc1-c1cc(-c2c(C)ccc3c2oc2ccccc23)[n+](C)cc1C([2H])([2H])[2H]. The van der Waals surface area contributed by atoms with Crippen LogP contribution in [0.4, 0.5) is 0 Å². The van der Waals surface area contributed by atoms with Gasteiger partial charge in [0.15, 0.2) is 6.20 Å². The molecule has 6 aromatic rings. The highest BCUT2D eigenvalue weighted by atomic mass is 28.3. The van der Waals surface area contributed by atoms with Crippen molar-refractivity contribution in [3.8, 4) is 33.5 Å². The molecule has 0 saturated heterocycles. The van der Waals surface area contributed by atoms with E-state index in [9.17, 15) is 0 Å². The van der Waals surface area contributed by atoms with Crippen molar-refractivity contribution in [2.45, 2.75) is 40.3 Å². The van der Waals surface area contributed by atoms with Gasteiger partial charge in [0.05, 0.1) is 13.6 Å². The lowest BCUT2D eigenvalue weighted by Crippen LogP contribution is -2.37. The summed E-state index contributed by atoms with van der Waals surface area (Å²) in [6.45, 7) is 3.89. The van der Waals surface area contributed by atoms with Gasteiger partial charge in [-0.15, -0.1) is 0 Å². The summed E-state index contributed by atoms with van der Waals surface area (Å²) in [4.78, 5) is 0. The van der Waals surface area contributed by atoms with E-state index in [1.165, 1.54) is 5.19 Å². The summed E-state index contributed by atoms with van der Waals surface area (Å²) >= 11 is 0. The lowest BCUT2D eigenvalue weighted by molar-refractivity contribution is -0.660. The number of aryl methyl sites for hydroxylation is 4. The molecular formula is C36H36NOSi+. The van der Waals surface area contributed by atoms with Crippen LogP contribution in [-0.2, 0) is 7.05 Å². The van der Waals surface area contributed by atoms with Gasteiger partial charge in [-0.1, -0.05) is 97.6 Å². The van der Waals surface area contributed by atoms with E-state index >= 15 is 0 Å². The zero-order chi connectivity index (χ0) is 32.5. The van der Waals surface area contributed by atoms with E-state index < -0.39 is 21.8 Å². The molecule has 0 N–H and O–H groups in total. The van der Waals surface area contributed by atoms with Gasteiger partial charge in [-0.25, -0.2) is 4.57 Å². The van der Waals surface area contributed by atoms with Gasteiger partial charge in [0, 0.05) is 30.6 Å². The van der Waals surface area contributed by atoms with Gasteiger partial charge in [-0.05, 0) is 60.1 Å². The van der Waals surface area contributed by atoms with Crippen LogP contribution in [0, 0.1) is 20.6 Å². The average molecular weight is 533 g/mol. The lowest BCUT2D eigenvalue weighted by atomic mass is 9.92. The number of aromatic nitrogens is 1. The first-order valence-corrected chi connectivity index (χ1v) is 16.8. The predicted molar refractivity (Wildman–Crippen MR) is 168 cm³/mol. The largest absolute Gasteiger partial charge is 0.455 e. The second-order valence-corrected chi connectivity index (χ2v) is 16.5. The van der Waals surface area contributed by atoms with Crippen molar-refractivity contribution in [1.82, 2.24) is 0 Å². The third-order valence-corrected chi connectivity index (χ3v) is 9.74. The maximum atomic E-state index is 8.51. The number of furan rings is 1. The van der Waals surface area contributed by atoms with Crippen LogP contribution in [0.1, 0.15) is 24.9 Å². The minimum Gasteiger partial charge on any atom is -0.455 e. The molecule has 0 radical (unpaired) electrons. The normalized spacial score (nSPS) is 14.9. The number of fused-ring (bicyclic) bond motifs is 3. The number of para-hydroxylation sites is 1. The number of hydrogen-bond acceptors (Lipinski definition) is 1. The summed E-state index contributed by atoms with van der Waals surface area (Å²) in [5.41, 5.74) is 6.59. The van der Waals surface area contributed by atoms with Crippen LogP contribution in [-0.4, -0.2) is 8.07 Å². The third kappa shape index (κ3) is 4.41. The van der Waals surface area contributed by atoms with Gasteiger partial charge in [-0.3, -0.25) is 0 Å². The van der Waals surface area contributed by atoms with Crippen molar-refractivity contribution in [3.05, 3.63) is 108 Å². The molecule has 2 aromatic heterocycles. The molecule has 0 spiro atoms. The molecule has 2 nitrogen and oxygen atoms in total. The Bertz CT molecular complexity index is 2080. The Labute approximate surface area is 241 Å². The van der Waals surface area contributed by atoms with Crippen molar-refractivity contribution in [1.29, 1.82) is 0 Å². The molecule has 39 heavy (non-hydrogen) atoms. The fourth-order valence-electron chi connectivity index (χ4n) is 5.45. The highest BCUT2D eigenvalue weighted by Crippen LogP contribution is 2.39. The molecule has 0 saturated carbocycles. The van der Waals surface area contributed by atoms with E-state index in [1.807, 2.05) is 74.6 Å². The second-order valence-electron chi connectivity index (χ2n) is 11.4. The Balaban J connectivity index is 1.60. The molecule has 0 aliphatic carbocycles. The van der Waals surface area contributed by atoms with Gasteiger partial charge in [0.25, 0.3) is 0 Å². The molecule has 194 valence electrons. The molecule has 0 fully saturated rings. The van der Waals surface area contributed by atoms with Gasteiger partial charge >= 0.3 is 0 Å². The smallest absolute Gasteiger partial charge is 0.216 e. The van der Waals surface area contributed by atoms with Crippen LogP contribution in [0.5, 0.6) is 0 Å². The summed E-state index contributed by atoms with van der Waals surface area (Å²) in [6, 6.07) is 27.4. The zero-order valence-electron chi connectivity index (χ0n) is 29.0. The standard InChI is InChI=1S/C36H36NOSi/c1-23-12-18-31-30-10-8-9-11-34(30)38-36(31)35(23)33-21-32(25(3)22-37(33)4)29-19-15-27(20-24(29)2)26-13-16-28(17-14-26)39(5,6)7/h8-22H,1-7H3/q+1/i2D3,3D3. The minimum atomic E-state index is -2.48. The zero-order valence-corrected chi connectivity index (χ0v) is 24.0. The molecule has 0 unspecified atom stereocenters. The van der Waals surface area contributed by atoms with Crippen molar-refractivity contribution in [3.63, 3.8) is 0 Å². The Morgan fingerprint density at radius 1 is 0.718 bits per heavy atom. The van der Waals surface area contributed by atoms with Crippen LogP contribution in [0.3, 0.4) is 0 Å². The first-order valence-electron chi connectivity index (χ1n) is 16.3.